The van der Waals surface area contributed by atoms with Gasteiger partial charge in [0.1, 0.15) is 6.04 Å². The molecule has 3 rings (SSSR count). The van der Waals surface area contributed by atoms with E-state index >= 15 is 0 Å². The Bertz CT molecular complexity index is 990. The lowest BCUT2D eigenvalue weighted by molar-refractivity contribution is -0.394. The Labute approximate surface area is 171 Å². The predicted octanol–water partition coefficient (Wildman–Crippen LogP) is 3.31. The molecule has 0 unspecified atom stereocenters. The minimum atomic E-state index is -0.792. The number of para-hydroxylation sites is 1. The summed E-state index contributed by atoms with van der Waals surface area (Å²) in [6.45, 7) is 2.24. The van der Waals surface area contributed by atoms with E-state index in [2.05, 4.69) is 5.32 Å². The first kappa shape index (κ1) is 20.9. The fraction of sp³-hybridized carbons (Fsp3) is 0.300. The highest BCUT2D eigenvalue weighted by molar-refractivity contribution is 6.02. The summed E-state index contributed by atoms with van der Waals surface area (Å²) in [5.41, 5.74) is 0.324. The molecular formula is C20H20N4O6. The second kappa shape index (κ2) is 8.68. The van der Waals surface area contributed by atoms with Crippen LogP contribution in [-0.4, -0.2) is 39.1 Å². The lowest BCUT2D eigenvalue weighted by atomic mass is 10.1. The number of anilines is 1. The quantitative estimate of drug-likeness (QED) is 0.571. The molecule has 0 radical (unpaired) electrons. The van der Waals surface area contributed by atoms with Gasteiger partial charge in [-0.3, -0.25) is 29.8 Å². The number of nitrogens with zero attached hydrogens (tertiary/aromatic N) is 3. The second-order valence-electron chi connectivity index (χ2n) is 6.91. The number of nitro groups is 2. The number of likely N-dealkylation sites (tertiary alicyclic amines) is 1. The molecule has 0 bridgehead atoms. The van der Waals surface area contributed by atoms with Crippen molar-refractivity contribution >= 4 is 28.9 Å². The van der Waals surface area contributed by atoms with Crippen molar-refractivity contribution in [2.24, 2.45) is 0 Å². The van der Waals surface area contributed by atoms with Crippen LogP contribution in [0.2, 0.25) is 0 Å². The van der Waals surface area contributed by atoms with Gasteiger partial charge < -0.3 is 10.2 Å². The summed E-state index contributed by atoms with van der Waals surface area (Å²) in [5.74, 6) is -1.01. The number of hydrogen-bond acceptors (Lipinski definition) is 6. The number of hydrogen-bond donors (Lipinski definition) is 1. The minimum absolute atomic E-state index is 0.190. The number of non-ortho nitro benzene ring substituents is 2. The van der Waals surface area contributed by atoms with Crippen molar-refractivity contribution < 1.29 is 19.4 Å². The average Bonchev–Trinajstić information content (AvgIpc) is 3.23. The third-order valence-corrected chi connectivity index (χ3v) is 5.04. The summed E-state index contributed by atoms with van der Waals surface area (Å²) in [6.07, 6.45) is 1.74. The SMILES string of the molecule is CCc1ccccc1NC(=O)[C@@H]1CCCN1C(=O)c1cc([N+](=O)[O-])cc([N+](=O)[O-])c1. The maximum absolute atomic E-state index is 13.0. The van der Waals surface area contributed by atoms with Crippen LogP contribution in [0.3, 0.4) is 0 Å². The minimum Gasteiger partial charge on any atom is -0.327 e. The first-order valence-corrected chi connectivity index (χ1v) is 9.45. The number of amides is 2. The maximum Gasteiger partial charge on any atom is 0.277 e. The Morgan fingerprint density at radius 3 is 2.33 bits per heavy atom. The molecule has 2 amide bonds. The maximum atomic E-state index is 13.0. The molecule has 1 aliphatic heterocycles. The summed E-state index contributed by atoms with van der Waals surface area (Å²) >= 11 is 0. The Hall–Kier alpha value is -3.82. The zero-order valence-corrected chi connectivity index (χ0v) is 16.2. The van der Waals surface area contributed by atoms with E-state index in [1.807, 2.05) is 19.1 Å². The number of carbonyl (C=O) groups is 2. The molecule has 1 aliphatic rings. The molecule has 156 valence electrons. The van der Waals surface area contributed by atoms with E-state index < -0.39 is 33.2 Å². The van der Waals surface area contributed by atoms with E-state index in [1.165, 1.54) is 4.90 Å². The fourth-order valence-corrected chi connectivity index (χ4v) is 3.54. The van der Waals surface area contributed by atoms with E-state index in [9.17, 15) is 29.8 Å². The first-order valence-electron chi connectivity index (χ1n) is 9.45. The zero-order valence-electron chi connectivity index (χ0n) is 16.2. The molecule has 1 atom stereocenters. The summed E-state index contributed by atoms with van der Waals surface area (Å²) in [6, 6.07) is 9.37. The number of benzene rings is 2. The average molecular weight is 412 g/mol. The van der Waals surface area contributed by atoms with Crippen molar-refractivity contribution in [3.8, 4) is 0 Å². The Morgan fingerprint density at radius 2 is 1.73 bits per heavy atom. The van der Waals surface area contributed by atoms with Crippen LogP contribution in [0.5, 0.6) is 0 Å². The van der Waals surface area contributed by atoms with Crippen LogP contribution in [-0.2, 0) is 11.2 Å². The van der Waals surface area contributed by atoms with Gasteiger partial charge in [-0.05, 0) is 30.9 Å². The van der Waals surface area contributed by atoms with Crippen molar-refractivity contribution in [3.63, 3.8) is 0 Å². The van der Waals surface area contributed by atoms with Crippen LogP contribution >= 0.6 is 0 Å². The van der Waals surface area contributed by atoms with E-state index in [0.717, 1.165) is 30.2 Å². The van der Waals surface area contributed by atoms with Crippen molar-refractivity contribution in [2.75, 3.05) is 11.9 Å². The second-order valence-corrected chi connectivity index (χ2v) is 6.91. The van der Waals surface area contributed by atoms with Gasteiger partial charge >= 0.3 is 0 Å². The molecule has 10 heteroatoms. The summed E-state index contributed by atoms with van der Waals surface area (Å²) in [5, 5.41) is 25.1. The number of carbonyl (C=O) groups excluding carboxylic acids is 2. The van der Waals surface area contributed by atoms with E-state index in [1.54, 1.807) is 12.1 Å². The van der Waals surface area contributed by atoms with Gasteiger partial charge in [0, 0.05) is 24.4 Å². The largest absolute Gasteiger partial charge is 0.327 e. The van der Waals surface area contributed by atoms with Gasteiger partial charge in [-0.25, -0.2) is 0 Å². The smallest absolute Gasteiger partial charge is 0.277 e. The number of nitro benzene ring substituents is 2. The summed E-state index contributed by atoms with van der Waals surface area (Å²) < 4.78 is 0. The van der Waals surface area contributed by atoms with E-state index in [0.29, 0.717) is 18.5 Å². The van der Waals surface area contributed by atoms with Crippen LogP contribution in [0.4, 0.5) is 17.1 Å². The fourth-order valence-electron chi connectivity index (χ4n) is 3.54. The number of rotatable bonds is 6. The molecule has 0 spiro atoms. The van der Waals surface area contributed by atoms with Crippen LogP contribution in [0.25, 0.3) is 0 Å². The molecule has 2 aromatic rings. The van der Waals surface area contributed by atoms with Gasteiger partial charge in [0.2, 0.25) is 5.91 Å². The highest BCUT2D eigenvalue weighted by Gasteiger charge is 2.35. The van der Waals surface area contributed by atoms with Gasteiger partial charge in [0.15, 0.2) is 0 Å². The molecule has 30 heavy (non-hydrogen) atoms. The monoisotopic (exact) mass is 412 g/mol. The molecule has 1 fully saturated rings. The van der Waals surface area contributed by atoms with Gasteiger partial charge in [-0.1, -0.05) is 25.1 Å². The van der Waals surface area contributed by atoms with Crippen molar-refractivity contribution in [1.29, 1.82) is 0 Å². The lowest BCUT2D eigenvalue weighted by Crippen LogP contribution is -2.43. The van der Waals surface area contributed by atoms with Crippen LogP contribution in [0.15, 0.2) is 42.5 Å². The molecule has 2 aromatic carbocycles. The molecule has 0 saturated carbocycles. The third kappa shape index (κ3) is 4.27. The van der Waals surface area contributed by atoms with Crippen LogP contribution < -0.4 is 5.32 Å². The normalized spacial score (nSPS) is 15.6. The predicted molar refractivity (Wildman–Crippen MR) is 108 cm³/mol. The van der Waals surface area contributed by atoms with E-state index in [4.69, 9.17) is 0 Å². The Kier molecular flexibility index (Phi) is 6.05. The van der Waals surface area contributed by atoms with Crippen molar-refractivity contribution in [3.05, 3.63) is 73.8 Å². The van der Waals surface area contributed by atoms with Crippen LogP contribution in [0.1, 0.15) is 35.7 Å². The highest BCUT2D eigenvalue weighted by Crippen LogP contribution is 2.27. The van der Waals surface area contributed by atoms with Crippen LogP contribution in [0, 0.1) is 20.2 Å². The van der Waals surface area contributed by atoms with Gasteiger partial charge in [0.05, 0.1) is 21.5 Å². The topological polar surface area (TPSA) is 136 Å². The third-order valence-electron chi connectivity index (χ3n) is 5.04. The zero-order chi connectivity index (χ0) is 21.8. The number of nitrogens with one attached hydrogen (secondary N) is 1. The molecule has 0 aliphatic carbocycles. The highest BCUT2D eigenvalue weighted by atomic mass is 16.6. The van der Waals surface area contributed by atoms with Gasteiger partial charge in [-0.2, -0.15) is 0 Å². The summed E-state index contributed by atoms with van der Waals surface area (Å²) in [4.78, 5) is 47.8. The standard InChI is InChI=1S/C20H20N4O6/c1-2-13-6-3-4-7-17(13)21-19(25)18-8-5-9-22(18)20(26)14-10-15(23(27)28)12-16(11-14)24(29)30/h3-4,6-7,10-12,18H,2,5,8-9H2,1H3,(H,21,25)/t18-/m0/s1. The molecule has 1 N–H and O–H groups in total. The van der Waals surface area contributed by atoms with Gasteiger partial charge in [0.25, 0.3) is 17.3 Å². The van der Waals surface area contributed by atoms with Gasteiger partial charge in [-0.15, -0.1) is 0 Å². The Morgan fingerprint density at radius 1 is 1.10 bits per heavy atom. The van der Waals surface area contributed by atoms with Crippen molar-refractivity contribution in [2.45, 2.75) is 32.2 Å². The summed E-state index contributed by atoms with van der Waals surface area (Å²) in [7, 11) is 0. The molecule has 0 aromatic heterocycles. The Balaban J connectivity index is 1.86. The molecule has 1 saturated heterocycles. The number of aryl methyl sites for hydroxylation is 1. The van der Waals surface area contributed by atoms with E-state index in [-0.39, 0.29) is 18.0 Å². The van der Waals surface area contributed by atoms with Crippen molar-refractivity contribution in [1.82, 2.24) is 4.90 Å². The lowest BCUT2D eigenvalue weighted by Gasteiger charge is -2.24. The molecule has 1 heterocycles. The molecular weight excluding hydrogens is 392 g/mol. The molecule has 10 nitrogen and oxygen atoms in total. The first-order chi connectivity index (χ1) is 14.3.